The van der Waals surface area contributed by atoms with Gasteiger partial charge in [-0.05, 0) is 55.7 Å². The molecule has 1 aliphatic heterocycles. The zero-order valence-electron chi connectivity index (χ0n) is 17.7. The molecule has 8 heteroatoms. The first-order valence-corrected chi connectivity index (χ1v) is 11.2. The standard InChI is InChI=1S/C23H26ClN5OS/c1-16-7-3-4-8-18(16)22(30)25-17-11-13-28(14-12-17)15-29-23(31)27(2)21(26-29)19-9-5-6-10-20(19)24/h3-10,17H,11-15H2,1-2H3,(H,25,30). The summed E-state index contributed by atoms with van der Waals surface area (Å²) in [7, 11) is 1.91. The summed E-state index contributed by atoms with van der Waals surface area (Å²) in [6.45, 7) is 4.33. The summed E-state index contributed by atoms with van der Waals surface area (Å²) in [4.78, 5) is 14.9. The van der Waals surface area contributed by atoms with Gasteiger partial charge in [-0.15, -0.1) is 0 Å². The third-order valence-electron chi connectivity index (χ3n) is 5.80. The number of rotatable bonds is 5. The molecule has 1 N–H and O–H groups in total. The summed E-state index contributed by atoms with van der Waals surface area (Å²) in [5.41, 5.74) is 2.61. The fourth-order valence-electron chi connectivity index (χ4n) is 3.96. The minimum Gasteiger partial charge on any atom is -0.349 e. The van der Waals surface area contributed by atoms with Crippen LogP contribution in [0, 0.1) is 11.7 Å². The second-order valence-corrected chi connectivity index (χ2v) is 8.74. The monoisotopic (exact) mass is 455 g/mol. The Morgan fingerprint density at radius 1 is 1.16 bits per heavy atom. The zero-order chi connectivity index (χ0) is 22.0. The van der Waals surface area contributed by atoms with E-state index in [9.17, 15) is 4.79 Å². The molecule has 0 bridgehead atoms. The summed E-state index contributed by atoms with van der Waals surface area (Å²) in [6, 6.07) is 15.5. The highest BCUT2D eigenvalue weighted by Gasteiger charge is 2.23. The minimum absolute atomic E-state index is 0.00729. The molecule has 0 unspecified atom stereocenters. The molecule has 1 amide bonds. The van der Waals surface area contributed by atoms with Crippen LogP contribution < -0.4 is 5.32 Å². The Morgan fingerprint density at radius 3 is 2.55 bits per heavy atom. The molecule has 2 heterocycles. The Labute approximate surface area is 192 Å². The first-order valence-electron chi connectivity index (χ1n) is 10.4. The molecular weight excluding hydrogens is 430 g/mol. The molecule has 0 radical (unpaired) electrons. The van der Waals surface area contributed by atoms with Crippen LogP contribution in [0.1, 0.15) is 28.8 Å². The van der Waals surface area contributed by atoms with Crippen molar-refractivity contribution in [1.29, 1.82) is 0 Å². The molecule has 4 rings (SSSR count). The zero-order valence-corrected chi connectivity index (χ0v) is 19.3. The van der Waals surface area contributed by atoms with E-state index in [1.54, 1.807) is 0 Å². The van der Waals surface area contributed by atoms with Gasteiger partial charge < -0.3 is 9.88 Å². The number of piperidine rings is 1. The average Bonchev–Trinajstić information content (AvgIpc) is 3.04. The number of nitrogens with one attached hydrogen (secondary N) is 1. The Hall–Kier alpha value is -2.48. The number of carbonyl (C=O) groups excluding carboxylic acids is 1. The van der Waals surface area contributed by atoms with Gasteiger partial charge in [-0.1, -0.05) is 41.9 Å². The SMILES string of the molecule is Cc1ccccc1C(=O)NC1CCN(Cn2nc(-c3ccccc3Cl)n(C)c2=S)CC1. The third-order valence-corrected chi connectivity index (χ3v) is 6.62. The van der Waals surface area contributed by atoms with Gasteiger partial charge in [-0.3, -0.25) is 9.69 Å². The molecule has 0 spiro atoms. The minimum atomic E-state index is 0.00729. The summed E-state index contributed by atoms with van der Waals surface area (Å²) in [5, 5.41) is 8.57. The Balaban J connectivity index is 1.38. The largest absolute Gasteiger partial charge is 0.349 e. The number of nitrogens with zero attached hydrogens (tertiary/aromatic N) is 4. The Kier molecular flexibility index (Phi) is 6.55. The fourth-order valence-corrected chi connectivity index (χ4v) is 4.36. The van der Waals surface area contributed by atoms with Crippen molar-refractivity contribution >= 4 is 29.7 Å². The van der Waals surface area contributed by atoms with Gasteiger partial charge in [-0.2, -0.15) is 5.10 Å². The van der Waals surface area contributed by atoms with Crippen LogP contribution >= 0.6 is 23.8 Å². The molecule has 0 atom stereocenters. The number of likely N-dealkylation sites (tertiary alicyclic amines) is 1. The molecule has 3 aromatic rings. The number of halogens is 1. The van der Waals surface area contributed by atoms with Crippen LogP contribution in [0.15, 0.2) is 48.5 Å². The molecule has 1 aromatic heterocycles. The van der Waals surface area contributed by atoms with Gasteiger partial charge in [0.05, 0.1) is 11.7 Å². The Morgan fingerprint density at radius 2 is 1.84 bits per heavy atom. The van der Waals surface area contributed by atoms with E-state index >= 15 is 0 Å². The number of benzene rings is 2. The number of amides is 1. The molecule has 1 aliphatic rings. The summed E-state index contributed by atoms with van der Waals surface area (Å²) < 4.78 is 4.40. The van der Waals surface area contributed by atoms with Crippen molar-refractivity contribution in [2.75, 3.05) is 13.1 Å². The quantitative estimate of drug-likeness (QED) is 0.578. The van der Waals surface area contributed by atoms with Crippen LogP contribution in [0.4, 0.5) is 0 Å². The van der Waals surface area contributed by atoms with Gasteiger partial charge in [0.1, 0.15) is 0 Å². The van der Waals surface area contributed by atoms with Crippen molar-refractivity contribution in [3.8, 4) is 11.4 Å². The molecule has 162 valence electrons. The highest BCUT2D eigenvalue weighted by atomic mass is 35.5. The van der Waals surface area contributed by atoms with E-state index in [1.807, 2.05) is 71.8 Å². The summed E-state index contributed by atoms with van der Waals surface area (Å²) in [5.74, 6) is 0.767. The van der Waals surface area contributed by atoms with Gasteiger partial charge in [0.2, 0.25) is 0 Å². The number of hydrogen-bond donors (Lipinski definition) is 1. The predicted octanol–water partition coefficient (Wildman–Crippen LogP) is 4.43. The Bertz CT molecular complexity index is 1150. The molecule has 31 heavy (non-hydrogen) atoms. The van der Waals surface area contributed by atoms with Crippen molar-refractivity contribution in [1.82, 2.24) is 24.6 Å². The highest BCUT2D eigenvalue weighted by Crippen LogP contribution is 2.26. The van der Waals surface area contributed by atoms with Gasteiger partial charge >= 0.3 is 0 Å². The molecule has 0 saturated carbocycles. The molecule has 6 nitrogen and oxygen atoms in total. The highest BCUT2D eigenvalue weighted by molar-refractivity contribution is 7.71. The average molecular weight is 456 g/mol. The predicted molar refractivity (Wildman–Crippen MR) is 126 cm³/mol. The first-order chi connectivity index (χ1) is 14.9. The van der Waals surface area contributed by atoms with E-state index in [2.05, 4.69) is 10.2 Å². The maximum absolute atomic E-state index is 12.6. The fraction of sp³-hybridized carbons (Fsp3) is 0.348. The first kappa shape index (κ1) is 21.7. The maximum atomic E-state index is 12.6. The van der Waals surface area contributed by atoms with Crippen LogP contribution in [-0.4, -0.2) is 44.3 Å². The number of hydrogen-bond acceptors (Lipinski definition) is 4. The second kappa shape index (κ2) is 9.34. The van der Waals surface area contributed by atoms with Crippen LogP contribution in [0.5, 0.6) is 0 Å². The summed E-state index contributed by atoms with van der Waals surface area (Å²) in [6.07, 6.45) is 1.80. The topological polar surface area (TPSA) is 55.1 Å². The van der Waals surface area contributed by atoms with E-state index in [0.29, 0.717) is 16.5 Å². The molecule has 1 fully saturated rings. The lowest BCUT2D eigenvalue weighted by Gasteiger charge is -2.32. The van der Waals surface area contributed by atoms with Crippen molar-refractivity contribution < 1.29 is 4.79 Å². The smallest absolute Gasteiger partial charge is 0.251 e. The number of carbonyl (C=O) groups is 1. The van der Waals surface area contributed by atoms with Crippen molar-refractivity contribution in [3.63, 3.8) is 0 Å². The van der Waals surface area contributed by atoms with Crippen LogP contribution in [0.2, 0.25) is 5.02 Å². The van der Waals surface area contributed by atoms with Crippen molar-refractivity contribution in [2.45, 2.75) is 32.5 Å². The molecular formula is C23H26ClN5OS. The van der Waals surface area contributed by atoms with Crippen molar-refractivity contribution in [2.24, 2.45) is 7.05 Å². The molecule has 1 saturated heterocycles. The van der Waals surface area contributed by atoms with Gasteiger partial charge in [0.25, 0.3) is 5.91 Å². The lowest BCUT2D eigenvalue weighted by Crippen LogP contribution is -2.45. The van der Waals surface area contributed by atoms with Crippen LogP contribution in [0.3, 0.4) is 0 Å². The van der Waals surface area contributed by atoms with Gasteiger partial charge in [0.15, 0.2) is 10.6 Å². The van der Waals surface area contributed by atoms with Crippen LogP contribution in [0.25, 0.3) is 11.4 Å². The number of aromatic nitrogens is 3. The van der Waals surface area contributed by atoms with E-state index < -0.39 is 0 Å². The van der Waals surface area contributed by atoms with Crippen molar-refractivity contribution in [3.05, 3.63) is 69.5 Å². The van der Waals surface area contributed by atoms with E-state index in [1.165, 1.54) is 0 Å². The normalized spacial score (nSPS) is 15.2. The number of aryl methyl sites for hydroxylation is 1. The van der Waals surface area contributed by atoms with E-state index in [0.717, 1.165) is 48.4 Å². The maximum Gasteiger partial charge on any atom is 0.251 e. The summed E-state index contributed by atoms with van der Waals surface area (Å²) >= 11 is 12.0. The third kappa shape index (κ3) is 4.74. The van der Waals surface area contributed by atoms with Gasteiger partial charge in [-0.25, -0.2) is 4.68 Å². The van der Waals surface area contributed by atoms with E-state index in [4.69, 9.17) is 28.9 Å². The lowest BCUT2D eigenvalue weighted by atomic mass is 10.0. The second-order valence-electron chi connectivity index (χ2n) is 7.97. The lowest BCUT2D eigenvalue weighted by molar-refractivity contribution is 0.0895. The van der Waals surface area contributed by atoms with Crippen LogP contribution in [-0.2, 0) is 13.7 Å². The van der Waals surface area contributed by atoms with E-state index in [-0.39, 0.29) is 11.9 Å². The molecule has 0 aliphatic carbocycles. The molecule has 2 aromatic carbocycles. The van der Waals surface area contributed by atoms with Gasteiger partial charge in [0, 0.05) is 37.3 Å².